The van der Waals surface area contributed by atoms with Gasteiger partial charge in [-0.15, -0.1) is 0 Å². The monoisotopic (exact) mass is 330 g/mol. The van der Waals surface area contributed by atoms with Gasteiger partial charge in [0.25, 0.3) is 0 Å². The van der Waals surface area contributed by atoms with Crippen molar-refractivity contribution < 1.29 is 19.4 Å². The van der Waals surface area contributed by atoms with Crippen molar-refractivity contribution in [3.8, 4) is 5.75 Å². The molecule has 1 aromatic carbocycles. The van der Waals surface area contributed by atoms with Crippen molar-refractivity contribution in [3.05, 3.63) is 28.2 Å². The van der Waals surface area contributed by atoms with Crippen LogP contribution in [0, 0.1) is 5.41 Å². The van der Waals surface area contributed by atoms with Gasteiger partial charge in [0, 0.05) is 0 Å². The van der Waals surface area contributed by atoms with Crippen LogP contribution in [0.2, 0.25) is 0 Å². The predicted molar refractivity (Wildman–Crippen MR) is 76.1 cm³/mol. The summed E-state index contributed by atoms with van der Waals surface area (Å²) in [5.74, 6) is 0.249. The first-order valence-electron chi connectivity index (χ1n) is 6.03. The van der Waals surface area contributed by atoms with Gasteiger partial charge in [-0.1, -0.05) is 6.07 Å². The molecule has 0 aliphatic carbocycles. The van der Waals surface area contributed by atoms with Crippen LogP contribution in [0.25, 0.3) is 0 Å². The fraction of sp³-hybridized carbons (Fsp3) is 0.500. The van der Waals surface area contributed by atoms with Crippen LogP contribution in [0.15, 0.2) is 22.7 Å². The van der Waals surface area contributed by atoms with E-state index in [1.807, 2.05) is 0 Å². The van der Waals surface area contributed by atoms with Crippen LogP contribution in [0.4, 0.5) is 0 Å². The SMILES string of the molecule is CCOC(=O)C(C)(C)C(O)c1ccc(OC)c(Br)c1. The number of halogens is 1. The fourth-order valence-corrected chi connectivity index (χ4v) is 2.26. The molecule has 1 rings (SSSR count). The first-order chi connectivity index (χ1) is 8.84. The summed E-state index contributed by atoms with van der Waals surface area (Å²) in [6, 6.07) is 5.21. The van der Waals surface area contributed by atoms with Gasteiger partial charge in [0.05, 0.1) is 29.7 Å². The largest absolute Gasteiger partial charge is 0.496 e. The Labute approximate surface area is 121 Å². The van der Waals surface area contributed by atoms with Gasteiger partial charge >= 0.3 is 5.97 Å². The molecule has 5 heteroatoms. The highest BCUT2D eigenvalue weighted by atomic mass is 79.9. The van der Waals surface area contributed by atoms with Crippen molar-refractivity contribution in [1.29, 1.82) is 0 Å². The molecule has 0 heterocycles. The van der Waals surface area contributed by atoms with Crippen molar-refractivity contribution in [3.63, 3.8) is 0 Å². The molecule has 19 heavy (non-hydrogen) atoms. The second-order valence-corrected chi connectivity index (χ2v) is 5.59. The second-order valence-electron chi connectivity index (χ2n) is 4.74. The summed E-state index contributed by atoms with van der Waals surface area (Å²) in [6.45, 7) is 5.35. The minimum Gasteiger partial charge on any atom is -0.496 e. The van der Waals surface area contributed by atoms with E-state index >= 15 is 0 Å². The van der Waals surface area contributed by atoms with E-state index in [4.69, 9.17) is 9.47 Å². The minimum absolute atomic E-state index is 0.293. The van der Waals surface area contributed by atoms with Crippen LogP contribution in [0.1, 0.15) is 32.4 Å². The van der Waals surface area contributed by atoms with E-state index in [9.17, 15) is 9.90 Å². The molecule has 1 atom stereocenters. The molecule has 0 saturated heterocycles. The summed E-state index contributed by atoms with van der Waals surface area (Å²) in [4.78, 5) is 11.9. The number of ether oxygens (including phenoxy) is 2. The molecule has 1 aromatic rings. The van der Waals surface area contributed by atoms with Gasteiger partial charge in [0.2, 0.25) is 0 Å². The molecule has 0 aliphatic heterocycles. The van der Waals surface area contributed by atoms with Crippen molar-refractivity contribution in [2.45, 2.75) is 26.9 Å². The average Bonchev–Trinajstić information content (AvgIpc) is 2.37. The average molecular weight is 331 g/mol. The molecule has 1 unspecified atom stereocenters. The van der Waals surface area contributed by atoms with Crippen LogP contribution in [0.3, 0.4) is 0 Å². The lowest BCUT2D eigenvalue weighted by atomic mass is 9.82. The highest BCUT2D eigenvalue weighted by Crippen LogP contribution is 2.37. The summed E-state index contributed by atoms with van der Waals surface area (Å²) < 4.78 is 10.8. The second kappa shape index (κ2) is 6.39. The molecular formula is C14H19BrO4. The maximum absolute atomic E-state index is 11.9. The van der Waals surface area contributed by atoms with E-state index in [1.54, 1.807) is 46.1 Å². The maximum atomic E-state index is 11.9. The van der Waals surface area contributed by atoms with E-state index in [0.29, 0.717) is 17.9 Å². The molecular weight excluding hydrogens is 312 g/mol. The summed E-state index contributed by atoms with van der Waals surface area (Å²) in [5, 5.41) is 10.4. The highest BCUT2D eigenvalue weighted by Gasteiger charge is 2.38. The van der Waals surface area contributed by atoms with Crippen LogP contribution in [0.5, 0.6) is 5.75 Å². The minimum atomic E-state index is -1.01. The van der Waals surface area contributed by atoms with Crippen LogP contribution in [-0.2, 0) is 9.53 Å². The number of hydrogen-bond acceptors (Lipinski definition) is 4. The van der Waals surface area contributed by atoms with Gasteiger partial charge in [0.1, 0.15) is 5.75 Å². The third-order valence-corrected chi connectivity index (χ3v) is 3.60. The number of rotatable bonds is 5. The number of carbonyl (C=O) groups excluding carboxylic acids is 1. The van der Waals surface area contributed by atoms with E-state index in [-0.39, 0.29) is 0 Å². The molecule has 0 saturated carbocycles. The Morgan fingerprint density at radius 2 is 2.11 bits per heavy atom. The number of carbonyl (C=O) groups is 1. The first kappa shape index (κ1) is 16.0. The number of aliphatic hydroxyl groups excluding tert-OH is 1. The van der Waals surface area contributed by atoms with Crippen molar-refractivity contribution in [1.82, 2.24) is 0 Å². The Morgan fingerprint density at radius 3 is 2.58 bits per heavy atom. The van der Waals surface area contributed by atoms with Gasteiger partial charge < -0.3 is 14.6 Å². The Hall–Kier alpha value is -1.07. The predicted octanol–water partition coefficient (Wildman–Crippen LogP) is 3.08. The molecule has 0 bridgehead atoms. The molecule has 0 fully saturated rings. The number of esters is 1. The summed E-state index contributed by atoms with van der Waals surface area (Å²) in [6.07, 6.45) is -0.950. The Bertz CT molecular complexity index is 457. The lowest BCUT2D eigenvalue weighted by Gasteiger charge is -2.28. The third kappa shape index (κ3) is 3.48. The molecule has 0 amide bonds. The van der Waals surface area contributed by atoms with Gasteiger partial charge in [0.15, 0.2) is 0 Å². The van der Waals surface area contributed by atoms with E-state index in [0.717, 1.165) is 4.47 Å². The lowest BCUT2D eigenvalue weighted by Crippen LogP contribution is -2.33. The molecule has 0 aliphatic rings. The van der Waals surface area contributed by atoms with Gasteiger partial charge in [-0.2, -0.15) is 0 Å². The van der Waals surface area contributed by atoms with E-state index < -0.39 is 17.5 Å². The Balaban J connectivity index is 3.02. The zero-order chi connectivity index (χ0) is 14.6. The topological polar surface area (TPSA) is 55.8 Å². The van der Waals surface area contributed by atoms with Gasteiger partial charge in [-0.3, -0.25) is 4.79 Å². The standard InChI is InChI=1S/C14H19BrO4/c1-5-19-13(17)14(2,3)12(16)9-6-7-11(18-4)10(15)8-9/h6-8,12,16H,5H2,1-4H3. The molecule has 0 radical (unpaired) electrons. The quantitative estimate of drug-likeness (QED) is 0.843. The van der Waals surface area contributed by atoms with Crippen molar-refractivity contribution in [2.24, 2.45) is 5.41 Å². The fourth-order valence-electron chi connectivity index (χ4n) is 1.70. The zero-order valence-corrected chi connectivity index (χ0v) is 13.2. The molecule has 0 aromatic heterocycles. The zero-order valence-electron chi connectivity index (χ0n) is 11.6. The molecule has 106 valence electrons. The van der Waals surface area contributed by atoms with Crippen LogP contribution in [-0.4, -0.2) is 24.8 Å². The summed E-state index contributed by atoms with van der Waals surface area (Å²) in [5.41, 5.74) is -0.380. The van der Waals surface area contributed by atoms with E-state index in [1.165, 1.54) is 0 Å². The van der Waals surface area contributed by atoms with Crippen molar-refractivity contribution in [2.75, 3.05) is 13.7 Å². The van der Waals surface area contributed by atoms with Crippen LogP contribution >= 0.6 is 15.9 Å². The Morgan fingerprint density at radius 1 is 1.47 bits per heavy atom. The highest BCUT2D eigenvalue weighted by molar-refractivity contribution is 9.10. The Kier molecular flexibility index (Phi) is 5.38. The van der Waals surface area contributed by atoms with Gasteiger partial charge in [-0.25, -0.2) is 0 Å². The van der Waals surface area contributed by atoms with Crippen LogP contribution < -0.4 is 4.74 Å². The number of benzene rings is 1. The number of hydrogen-bond donors (Lipinski definition) is 1. The smallest absolute Gasteiger partial charge is 0.314 e. The first-order valence-corrected chi connectivity index (χ1v) is 6.82. The summed E-state index contributed by atoms with van der Waals surface area (Å²) >= 11 is 3.36. The molecule has 1 N–H and O–H groups in total. The van der Waals surface area contributed by atoms with Crippen molar-refractivity contribution >= 4 is 21.9 Å². The molecule has 0 spiro atoms. The lowest BCUT2D eigenvalue weighted by molar-refractivity contribution is -0.160. The number of methoxy groups -OCH3 is 1. The number of aliphatic hydroxyl groups is 1. The normalized spacial score (nSPS) is 12.9. The molecule has 4 nitrogen and oxygen atoms in total. The maximum Gasteiger partial charge on any atom is 0.314 e. The summed E-state index contributed by atoms with van der Waals surface area (Å²) in [7, 11) is 1.57. The third-order valence-electron chi connectivity index (χ3n) is 2.98. The van der Waals surface area contributed by atoms with E-state index in [2.05, 4.69) is 15.9 Å². The van der Waals surface area contributed by atoms with Gasteiger partial charge in [-0.05, 0) is 54.4 Å².